The molecule has 1 aliphatic heterocycles. The fraction of sp³-hybridized carbons (Fsp3) is 1.00. The highest BCUT2D eigenvalue weighted by molar-refractivity contribution is 7.89. The molecule has 0 bridgehead atoms. The second-order valence-electron chi connectivity index (χ2n) is 5.41. The summed E-state index contributed by atoms with van der Waals surface area (Å²) in [7, 11) is -3.05. The molecule has 1 fully saturated rings. The van der Waals surface area contributed by atoms with Gasteiger partial charge in [-0.05, 0) is 30.0 Å². The van der Waals surface area contributed by atoms with Crippen LogP contribution in [0.2, 0.25) is 0 Å². The van der Waals surface area contributed by atoms with Crippen LogP contribution >= 0.6 is 11.8 Å². The van der Waals surface area contributed by atoms with Crippen LogP contribution in [0.25, 0.3) is 0 Å². The van der Waals surface area contributed by atoms with Crippen LogP contribution in [0.15, 0.2) is 0 Å². The molecule has 0 saturated carbocycles. The second kappa shape index (κ2) is 5.21. The third-order valence-electron chi connectivity index (χ3n) is 3.02. The van der Waals surface area contributed by atoms with E-state index in [2.05, 4.69) is 4.84 Å². The van der Waals surface area contributed by atoms with Crippen molar-refractivity contribution in [1.29, 1.82) is 0 Å². The first kappa shape index (κ1) is 14.2. The van der Waals surface area contributed by atoms with Crippen molar-refractivity contribution in [3.63, 3.8) is 0 Å². The summed E-state index contributed by atoms with van der Waals surface area (Å²) in [6.07, 6.45) is 1.71. The van der Waals surface area contributed by atoms with Crippen LogP contribution in [0.5, 0.6) is 0 Å². The lowest BCUT2D eigenvalue weighted by Gasteiger charge is -2.35. The number of rotatable bonds is 3. The Labute approximate surface area is 104 Å². The molecule has 0 amide bonds. The normalized spacial score (nSPS) is 24.2. The van der Waals surface area contributed by atoms with E-state index in [4.69, 9.17) is 11.8 Å². The van der Waals surface area contributed by atoms with Crippen LogP contribution < -0.4 is 4.84 Å². The van der Waals surface area contributed by atoms with E-state index in [1.807, 2.05) is 20.8 Å². The second-order valence-corrected chi connectivity index (χ2v) is 7.72. The Bertz CT molecular complexity index is 324. The summed E-state index contributed by atoms with van der Waals surface area (Å²) in [4.78, 5) is 2.69. The first-order valence-corrected chi connectivity index (χ1v) is 7.60. The number of sulfonamides is 1. The zero-order valence-corrected chi connectivity index (χ0v) is 11.7. The van der Waals surface area contributed by atoms with Crippen molar-refractivity contribution in [2.75, 3.05) is 18.8 Å². The van der Waals surface area contributed by atoms with E-state index < -0.39 is 10.0 Å². The van der Waals surface area contributed by atoms with Crippen molar-refractivity contribution < 1.29 is 8.42 Å². The molecule has 0 aliphatic carbocycles. The number of halogens is 1. The minimum atomic E-state index is -3.05. The molecular formula is C10H21ClN2O2S. The van der Waals surface area contributed by atoms with Crippen LogP contribution in [0.1, 0.15) is 33.6 Å². The van der Waals surface area contributed by atoms with E-state index in [0.29, 0.717) is 13.1 Å². The smallest absolute Gasteiger partial charge is 0.214 e. The molecular weight excluding hydrogens is 248 g/mol. The Morgan fingerprint density at radius 1 is 1.38 bits per heavy atom. The zero-order chi connectivity index (χ0) is 12.4. The molecule has 0 unspecified atom stereocenters. The Hall–Kier alpha value is 0.160. The van der Waals surface area contributed by atoms with E-state index in [1.54, 1.807) is 4.31 Å². The van der Waals surface area contributed by atoms with E-state index in [9.17, 15) is 8.42 Å². The minimum absolute atomic E-state index is 0.0398. The number of nitrogens with one attached hydrogen (secondary N) is 1. The summed E-state index contributed by atoms with van der Waals surface area (Å²) < 4.78 is 25.2. The molecule has 1 aliphatic rings. The molecule has 0 spiro atoms. The van der Waals surface area contributed by atoms with Crippen LogP contribution in [-0.2, 0) is 10.0 Å². The van der Waals surface area contributed by atoms with Gasteiger partial charge in [-0.15, -0.1) is 0 Å². The third-order valence-corrected chi connectivity index (χ3v) is 5.20. The largest absolute Gasteiger partial charge is 0.229 e. The van der Waals surface area contributed by atoms with E-state index in [0.717, 1.165) is 12.8 Å². The summed E-state index contributed by atoms with van der Waals surface area (Å²) >= 11 is 5.69. The fourth-order valence-electron chi connectivity index (χ4n) is 1.72. The van der Waals surface area contributed by atoms with Crippen LogP contribution in [-0.4, -0.2) is 37.6 Å². The Kier molecular flexibility index (Phi) is 4.63. The topological polar surface area (TPSA) is 49.4 Å². The maximum absolute atomic E-state index is 11.8. The van der Waals surface area contributed by atoms with E-state index in [-0.39, 0.29) is 17.2 Å². The predicted octanol–water partition coefficient (Wildman–Crippen LogP) is 1.57. The van der Waals surface area contributed by atoms with Gasteiger partial charge in [0.05, 0.1) is 5.75 Å². The molecule has 0 aromatic heterocycles. The van der Waals surface area contributed by atoms with Crippen LogP contribution in [0.3, 0.4) is 0 Å². The van der Waals surface area contributed by atoms with Gasteiger partial charge in [-0.25, -0.2) is 17.6 Å². The Morgan fingerprint density at radius 3 is 2.44 bits per heavy atom. The van der Waals surface area contributed by atoms with Gasteiger partial charge in [-0.2, -0.15) is 0 Å². The quantitative estimate of drug-likeness (QED) is 0.791. The first-order valence-electron chi connectivity index (χ1n) is 5.61. The molecule has 1 N–H and O–H groups in total. The lowest BCUT2D eigenvalue weighted by molar-refractivity contribution is 0.244. The molecule has 1 heterocycles. The maximum Gasteiger partial charge on any atom is 0.214 e. The van der Waals surface area contributed by atoms with Crippen molar-refractivity contribution in [1.82, 2.24) is 9.14 Å². The fourth-order valence-corrected chi connectivity index (χ4v) is 3.73. The Morgan fingerprint density at radius 2 is 2.00 bits per heavy atom. The summed E-state index contributed by atoms with van der Waals surface area (Å²) in [5.41, 5.74) is -0.0608. The molecule has 0 radical (unpaired) electrons. The SMILES string of the molecule is CC(C)(C)[C@@H](CN1CCCCS1(=O)=O)NCl. The average Bonchev–Trinajstić information content (AvgIpc) is 2.13. The van der Waals surface area contributed by atoms with E-state index in [1.165, 1.54) is 0 Å². The molecule has 96 valence electrons. The molecule has 0 aromatic carbocycles. The molecule has 1 atom stereocenters. The monoisotopic (exact) mass is 268 g/mol. The van der Waals surface area contributed by atoms with Crippen LogP contribution in [0, 0.1) is 5.41 Å². The van der Waals surface area contributed by atoms with Gasteiger partial charge >= 0.3 is 0 Å². The zero-order valence-electron chi connectivity index (χ0n) is 10.2. The van der Waals surface area contributed by atoms with Crippen molar-refractivity contribution in [2.24, 2.45) is 5.41 Å². The standard InChI is InChI=1S/C10H21ClN2O2S/c1-10(2,3)9(12-11)8-13-6-4-5-7-16(13,14)15/h9,12H,4-8H2,1-3H3/t9-/m1/s1. The van der Waals surface area contributed by atoms with Gasteiger partial charge in [0.15, 0.2) is 0 Å². The molecule has 1 rings (SSSR count). The predicted molar refractivity (Wildman–Crippen MR) is 66.8 cm³/mol. The number of nitrogens with zero attached hydrogens (tertiary/aromatic N) is 1. The highest BCUT2D eigenvalue weighted by atomic mass is 35.5. The van der Waals surface area contributed by atoms with Gasteiger partial charge in [0.2, 0.25) is 10.0 Å². The van der Waals surface area contributed by atoms with Crippen LogP contribution in [0.4, 0.5) is 0 Å². The first-order chi connectivity index (χ1) is 7.27. The van der Waals surface area contributed by atoms with Gasteiger partial charge in [0, 0.05) is 19.1 Å². The molecule has 0 aromatic rings. The summed E-state index contributed by atoms with van der Waals surface area (Å²) in [5.74, 6) is 0.270. The van der Waals surface area contributed by atoms with Crippen molar-refractivity contribution in [3.05, 3.63) is 0 Å². The van der Waals surface area contributed by atoms with E-state index >= 15 is 0 Å². The van der Waals surface area contributed by atoms with Gasteiger partial charge in [-0.3, -0.25) is 0 Å². The molecule has 1 saturated heterocycles. The van der Waals surface area contributed by atoms with Crippen molar-refractivity contribution in [3.8, 4) is 0 Å². The van der Waals surface area contributed by atoms with Crippen molar-refractivity contribution in [2.45, 2.75) is 39.7 Å². The highest BCUT2D eigenvalue weighted by Gasteiger charge is 2.32. The average molecular weight is 269 g/mol. The van der Waals surface area contributed by atoms with Crippen molar-refractivity contribution >= 4 is 21.8 Å². The lowest BCUT2D eigenvalue weighted by Crippen LogP contribution is -2.49. The summed E-state index contributed by atoms with van der Waals surface area (Å²) in [6, 6.07) is -0.0398. The molecule has 16 heavy (non-hydrogen) atoms. The highest BCUT2D eigenvalue weighted by Crippen LogP contribution is 2.23. The molecule has 6 heteroatoms. The summed E-state index contributed by atoms with van der Waals surface area (Å²) in [5, 5.41) is 0. The van der Waals surface area contributed by atoms with Gasteiger partial charge < -0.3 is 0 Å². The number of hydrogen-bond acceptors (Lipinski definition) is 3. The Balaban J connectivity index is 2.71. The maximum atomic E-state index is 11.8. The third kappa shape index (κ3) is 3.58. The lowest BCUT2D eigenvalue weighted by atomic mass is 9.87. The summed E-state index contributed by atoms with van der Waals surface area (Å²) in [6.45, 7) is 7.21. The number of hydrogen-bond donors (Lipinski definition) is 1. The van der Waals surface area contributed by atoms with Gasteiger partial charge in [-0.1, -0.05) is 20.8 Å². The minimum Gasteiger partial charge on any atom is -0.229 e. The van der Waals surface area contributed by atoms with Gasteiger partial charge in [0.25, 0.3) is 0 Å². The molecule has 4 nitrogen and oxygen atoms in total. The van der Waals surface area contributed by atoms with Gasteiger partial charge in [0.1, 0.15) is 0 Å².